The van der Waals surface area contributed by atoms with E-state index in [1.165, 1.54) is 0 Å². The van der Waals surface area contributed by atoms with Crippen LogP contribution < -0.4 is 0 Å². The standard InChI is InChI=1S/C20H22F3N3O2/c21-20(22,23)17-12-15(24-25-17)18(27)26-11-10-19(28,13-6-2-1-3-7-13)14-8-4-5-9-16(14)26/h1-3,6-7,12,14,16,28H,4-5,8-11H2,(H,24,25)/t14-,16-,19?/m1/s1. The molecular formula is C20H22F3N3O2. The maximum Gasteiger partial charge on any atom is 0.432 e. The second-order valence-electron chi connectivity index (χ2n) is 7.66. The highest BCUT2D eigenvalue weighted by Crippen LogP contribution is 2.47. The van der Waals surface area contributed by atoms with E-state index in [1.807, 2.05) is 35.4 Å². The Morgan fingerprint density at radius 3 is 2.61 bits per heavy atom. The number of aromatic nitrogens is 2. The van der Waals surface area contributed by atoms with Crippen LogP contribution in [-0.2, 0) is 11.8 Å². The predicted octanol–water partition coefficient (Wildman–Crippen LogP) is 3.72. The molecule has 4 rings (SSSR count). The van der Waals surface area contributed by atoms with Crippen LogP contribution in [0.5, 0.6) is 0 Å². The van der Waals surface area contributed by atoms with E-state index in [9.17, 15) is 23.1 Å². The van der Waals surface area contributed by atoms with Gasteiger partial charge in [-0.3, -0.25) is 9.89 Å². The number of amides is 1. The van der Waals surface area contributed by atoms with Crippen molar-refractivity contribution in [2.24, 2.45) is 5.92 Å². The van der Waals surface area contributed by atoms with Gasteiger partial charge in [-0.1, -0.05) is 43.2 Å². The van der Waals surface area contributed by atoms with Gasteiger partial charge in [-0.15, -0.1) is 0 Å². The molecule has 2 aromatic rings. The number of piperidine rings is 1. The molecule has 0 spiro atoms. The SMILES string of the molecule is O=C(c1cc(C(F)(F)F)[nH]n1)N1CCC(O)(c2ccccc2)[C@@H]2CCCC[C@H]21. The third-order valence-electron chi connectivity index (χ3n) is 6.11. The van der Waals surface area contributed by atoms with E-state index in [0.29, 0.717) is 6.42 Å². The minimum absolute atomic E-state index is 0.151. The van der Waals surface area contributed by atoms with E-state index >= 15 is 0 Å². The molecular weight excluding hydrogens is 371 g/mol. The van der Waals surface area contributed by atoms with Crippen molar-refractivity contribution < 1.29 is 23.1 Å². The van der Waals surface area contributed by atoms with Gasteiger partial charge in [0.2, 0.25) is 0 Å². The number of carbonyl (C=O) groups is 1. The Balaban J connectivity index is 1.62. The number of halogens is 3. The second-order valence-corrected chi connectivity index (χ2v) is 7.66. The Morgan fingerprint density at radius 1 is 1.21 bits per heavy atom. The molecule has 3 atom stereocenters. The van der Waals surface area contributed by atoms with Crippen molar-refractivity contribution >= 4 is 5.91 Å². The molecule has 150 valence electrons. The lowest BCUT2D eigenvalue weighted by Crippen LogP contribution is -2.59. The van der Waals surface area contributed by atoms with Crippen LogP contribution in [0.2, 0.25) is 0 Å². The summed E-state index contributed by atoms with van der Waals surface area (Å²) >= 11 is 0. The van der Waals surface area contributed by atoms with E-state index < -0.39 is 23.4 Å². The zero-order chi connectivity index (χ0) is 19.9. The van der Waals surface area contributed by atoms with Crippen molar-refractivity contribution in [3.05, 3.63) is 53.3 Å². The molecule has 2 N–H and O–H groups in total. The van der Waals surface area contributed by atoms with Gasteiger partial charge in [0.1, 0.15) is 5.69 Å². The van der Waals surface area contributed by atoms with Gasteiger partial charge in [0.15, 0.2) is 5.69 Å². The number of likely N-dealkylation sites (tertiary alicyclic amines) is 1. The number of carbonyl (C=O) groups excluding carboxylic acids is 1. The first-order valence-electron chi connectivity index (χ1n) is 9.52. The summed E-state index contributed by atoms with van der Waals surface area (Å²) in [6.07, 6.45) is -0.853. The highest BCUT2D eigenvalue weighted by Gasteiger charge is 2.50. The summed E-state index contributed by atoms with van der Waals surface area (Å²) in [6.45, 7) is 0.277. The lowest BCUT2D eigenvalue weighted by Gasteiger charge is -2.52. The minimum Gasteiger partial charge on any atom is -0.385 e. The second kappa shape index (κ2) is 6.92. The van der Waals surface area contributed by atoms with Crippen molar-refractivity contribution in [2.75, 3.05) is 6.54 Å². The molecule has 28 heavy (non-hydrogen) atoms. The lowest BCUT2D eigenvalue weighted by molar-refractivity contribution is -0.141. The summed E-state index contributed by atoms with van der Waals surface area (Å²) in [5.41, 5.74) is -1.47. The number of aliphatic hydroxyl groups is 1. The van der Waals surface area contributed by atoms with Crippen LogP contribution in [0.15, 0.2) is 36.4 Å². The highest BCUT2D eigenvalue weighted by atomic mass is 19.4. The average Bonchev–Trinajstić information content (AvgIpc) is 3.20. The molecule has 1 aromatic heterocycles. The number of benzene rings is 1. The van der Waals surface area contributed by atoms with Crippen LogP contribution >= 0.6 is 0 Å². The number of nitrogens with one attached hydrogen (secondary N) is 1. The van der Waals surface area contributed by atoms with Crippen LogP contribution in [0, 0.1) is 5.92 Å². The summed E-state index contributed by atoms with van der Waals surface area (Å²) in [7, 11) is 0. The van der Waals surface area contributed by atoms with Crippen molar-refractivity contribution in [3.63, 3.8) is 0 Å². The van der Waals surface area contributed by atoms with Gasteiger partial charge >= 0.3 is 6.18 Å². The summed E-state index contributed by atoms with van der Waals surface area (Å²) in [4.78, 5) is 14.5. The monoisotopic (exact) mass is 393 g/mol. The fourth-order valence-electron chi connectivity index (χ4n) is 4.74. The molecule has 5 nitrogen and oxygen atoms in total. The molecule has 0 bridgehead atoms. The van der Waals surface area contributed by atoms with Crippen LogP contribution in [-0.4, -0.2) is 38.7 Å². The summed E-state index contributed by atoms with van der Waals surface area (Å²) < 4.78 is 38.5. The summed E-state index contributed by atoms with van der Waals surface area (Å²) in [5.74, 6) is -0.666. The van der Waals surface area contributed by atoms with Crippen LogP contribution in [0.3, 0.4) is 0 Å². The molecule has 1 saturated heterocycles. The molecule has 2 aliphatic rings. The Bertz CT molecular complexity index is 852. The molecule has 0 radical (unpaired) electrons. The molecule has 2 fully saturated rings. The first-order chi connectivity index (χ1) is 13.3. The Morgan fingerprint density at radius 2 is 1.93 bits per heavy atom. The molecule has 2 heterocycles. The summed E-state index contributed by atoms with van der Waals surface area (Å²) in [5, 5.41) is 17.0. The number of fused-ring (bicyclic) bond motifs is 1. The first-order valence-corrected chi connectivity index (χ1v) is 9.52. The number of H-pyrrole nitrogens is 1. The van der Waals surface area contributed by atoms with E-state index in [4.69, 9.17) is 0 Å². The Kier molecular flexibility index (Phi) is 4.69. The minimum atomic E-state index is -4.58. The molecule has 1 saturated carbocycles. The average molecular weight is 393 g/mol. The lowest BCUT2D eigenvalue weighted by atomic mass is 9.66. The zero-order valence-electron chi connectivity index (χ0n) is 15.2. The molecule has 1 amide bonds. The quantitative estimate of drug-likeness (QED) is 0.817. The molecule has 8 heteroatoms. The molecule has 1 aliphatic heterocycles. The normalized spacial score (nSPS) is 28.1. The van der Waals surface area contributed by atoms with Gasteiger partial charge < -0.3 is 10.0 Å². The highest BCUT2D eigenvalue weighted by molar-refractivity contribution is 5.92. The summed E-state index contributed by atoms with van der Waals surface area (Å²) in [6, 6.07) is 9.98. The van der Waals surface area contributed by atoms with E-state index in [-0.39, 0.29) is 24.2 Å². The molecule has 1 unspecified atom stereocenters. The van der Waals surface area contributed by atoms with E-state index in [0.717, 1.165) is 37.3 Å². The fourth-order valence-corrected chi connectivity index (χ4v) is 4.74. The van der Waals surface area contributed by atoms with Gasteiger partial charge in [0.05, 0.1) is 5.60 Å². The maximum absolute atomic E-state index is 12.9. The van der Waals surface area contributed by atoms with Crippen molar-refractivity contribution in [1.29, 1.82) is 0 Å². The molecule has 1 aliphatic carbocycles. The largest absolute Gasteiger partial charge is 0.432 e. The van der Waals surface area contributed by atoms with E-state index in [2.05, 4.69) is 5.10 Å². The van der Waals surface area contributed by atoms with Gasteiger partial charge in [-0.25, -0.2) is 0 Å². The third kappa shape index (κ3) is 3.19. The van der Waals surface area contributed by atoms with Crippen LogP contribution in [0.1, 0.15) is 53.8 Å². The number of rotatable bonds is 2. The van der Waals surface area contributed by atoms with Gasteiger partial charge in [0.25, 0.3) is 5.91 Å². The van der Waals surface area contributed by atoms with Crippen LogP contribution in [0.4, 0.5) is 13.2 Å². The van der Waals surface area contributed by atoms with Gasteiger partial charge in [-0.2, -0.15) is 18.3 Å². The topological polar surface area (TPSA) is 69.2 Å². The van der Waals surface area contributed by atoms with Crippen LogP contribution in [0.25, 0.3) is 0 Å². The Labute approximate surface area is 160 Å². The maximum atomic E-state index is 12.9. The third-order valence-corrected chi connectivity index (χ3v) is 6.11. The first kappa shape index (κ1) is 19.0. The number of hydrogen-bond donors (Lipinski definition) is 2. The van der Waals surface area contributed by atoms with Crippen molar-refractivity contribution in [1.82, 2.24) is 15.1 Å². The smallest absolute Gasteiger partial charge is 0.385 e. The number of nitrogens with zero attached hydrogens (tertiary/aromatic N) is 2. The van der Waals surface area contributed by atoms with Crippen molar-refractivity contribution in [3.8, 4) is 0 Å². The zero-order valence-corrected chi connectivity index (χ0v) is 15.2. The number of aromatic amines is 1. The number of alkyl halides is 3. The van der Waals surface area contributed by atoms with E-state index in [1.54, 1.807) is 4.90 Å². The fraction of sp³-hybridized carbons (Fsp3) is 0.500. The van der Waals surface area contributed by atoms with Gasteiger partial charge in [-0.05, 0) is 24.8 Å². The predicted molar refractivity (Wildman–Crippen MR) is 95.3 cm³/mol. The number of hydrogen-bond acceptors (Lipinski definition) is 3. The molecule has 1 aromatic carbocycles. The Hall–Kier alpha value is -2.35. The van der Waals surface area contributed by atoms with Gasteiger partial charge in [0, 0.05) is 24.6 Å². The van der Waals surface area contributed by atoms with Crippen molar-refractivity contribution in [2.45, 2.75) is 49.9 Å².